The average Bonchev–Trinajstić information content (AvgIpc) is 3.21. The first kappa shape index (κ1) is 19.2. The fraction of sp³-hybridized carbons (Fsp3) is 0.889. The number of rotatable bonds is 7. The van der Waals surface area contributed by atoms with E-state index in [0.29, 0.717) is 0 Å². The number of likely N-dealkylation sites (tertiary alicyclic amines) is 2. The summed E-state index contributed by atoms with van der Waals surface area (Å²) in [6, 6.07) is 0. The summed E-state index contributed by atoms with van der Waals surface area (Å²) < 4.78 is 11.8. The molecule has 2 aliphatic heterocycles. The molecule has 0 aliphatic carbocycles. The molecule has 0 spiro atoms. The first-order chi connectivity index (χ1) is 11.4. The summed E-state index contributed by atoms with van der Waals surface area (Å²) in [5, 5.41) is 0. The van der Waals surface area contributed by atoms with Crippen molar-refractivity contribution in [2.75, 3.05) is 26.2 Å². The lowest BCUT2D eigenvalue weighted by Crippen LogP contribution is -2.54. The van der Waals surface area contributed by atoms with Gasteiger partial charge in [0.05, 0.1) is 12.2 Å². The molecule has 0 aromatic heterocycles. The normalized spacial score (nSPS) is 20.9. The standard InChI is InChI=1S/C18H32N2O4/c1-13(2)23-15(17(21)19-9-5-6-10-19)16(24-14(3)4)18(22)20-11-7-8-12-20/h13-16H,5-12H2,1-4H3. The molecule has 2 rings (SSSR count). The van der Waals surface area contributed by atoms with Crippen LogP contribution < -0.4 is 0 Å². The molecular formula is C18H32N2O4. The van der Waals surface area contributed by atoms with Crippen LogP contribution in [0, 0.1) is 0 Å². The number of ether oxygens (including phenoxy) is 2. The number of nitrogens with zero attached hydrogens (tertiary/aromatic N) is 2. The summed E-state index contributed by atoms with van der Waals surface area (Å²) in [4.78, 5) is 29.6. The lowest BCUT2D eigenvalue weighted by atomic mass is 10.1. The van der Waals surface area contributed by atoms with E-state index in [4.69, 9.17) is 9.47 Å². The lowest BCUT2D eigenvalue weighted by Gasteiger charge is -2.33. The average molecular weight is 340 g/mol. The molecule has 0 N–H and O–H groups in total. The van der Waals surface area contributed by atoms with Crippen molar-refractivity contribution in [1.29, 1.82) is 0 Å². The van der Waals surface area contributed by atoms with Crippen LogP contribution in [0.4, 0.5) is 0 Å². The number of carbonyl (C=O) groups is 2. The van der Waals surface area contributed by atoms with Crippen molar-refractivity contribution < 1.29 is 19.1 Å². The number of carbonyl (C=O) groups excluding carboxylic acids is 2. The van der Waals surface area contributed by atoms with Gasteiger partial charge in [-0.1, -0.05) is 0 Å². The van der Waals surface area contributed by atoms with E-state index in [0.717, 1.165) is 51.9 Å². The molecule has 2 atom stereocenters. The Morgan fingerprint density at radius 1 is 0.667 bits per heavy atom. The summed E-state index contributed by atoms with van der Waals surface area (Å²) in [6.45, 7) is 10.5. The highest BCUT2D eigenvalue weighted by atomic mass is 16.6. The first-order valence-corrected chi connectivity index (χ1v) is 9.28. The van der Waals surface area contributed by atoms with Crippen LogP contribution in [0.3, 0.4) is 0 Å². The van der Waals surface area contributed by atoms with Crippen LogP contribution in [0.5, 0.6) is 0 Å². The van der Waals surface area contributed by atoms with E-state index in [9.17, 15) is 9.59 Å². The maximum atomic E-state index is 13.0. The third kappa shape index (κ3) is 4.93. The second-order valence-electron chi connectivity index (χ2n) is 7.28. The predicted octanol–water partition coefficient (Wildman–Crippen LogP) is 1.82. The van der Waals surface area contributed by atoms with Crippen molar-refractivity contribution in [3.05, 3.63) is 0 Å². The molecule has 2 aliphatic rings. The van der Waals surface area contributed by atoms with Gasteiger partial charge in [0.1, 0.15) is 0 Å². The minimum Gasteiger partial charge on any atom is -0.362 e. The zero-order valence-corrected chi connectivity index (χ0v) is 15.5. The van der Waals surface area contributed by atoms with Crippen LogP contribution in [-0.2, 0) is 19.1 Å². The van der Waals surface area contributed by atoms with Gasteiger partial charge in [0.2, 0.25) is 0 Å². The minimum atomic E-state index is -0.862. The largest absolute Gasteiger partial charge is 0.362 e. The highest BCUT2D eigenvalue weighted by Crippen LogP contribution is 2.20. The van der Waals surface area contributed by atoms with Crippen LogP contribution in [0.15, 0.2) is 0 Å². The Labute approximate surface area is 145 Å². The Balaban J connectivity index is 2.20. The Kier molecular flexibility index (Phi) is 7.04. The molecule has 138 valence electrons. The molecule has 24 heavy (non-hydrogen) atoms. The minimum absolute atomic E-state index is 0.112. The predicted molar refractivity (Wildman–Crippen MR) is 91.6 cm³/mol. The van der Waals surface area contributed by atoms with E-state index in [1.165, 1.54) is 0 Å². The summed E-state index contributed by atoms with van der Waals surface area (Å²) >= 11 is 0. The molecule has 0 saturated carbocycles. The highest BCUT2D eigenvalue weighted by Gasteiger charge is 2.42. The maximum Gasteiger partial charge on any atom is 0.255 e. The molecule has 0 aromatic rings. The van der Waals surface area contributed by atoms with E-state index in [1.807, 2.05) is 27.7 Å². The van der Waals surface area contributed by atoms with E-state index in [-0.39, 0.29) is 24.0 Å². The van der Waals surface area contributed by atoms with Gasteiger partial charge in [0.25, 0.3) is 11.8 Å². The van der Waals surface area contributed by atoms with Gasteiger partial charge in [0, 0.05) is 26.2 Å². The van der Waals surface area contributed by atoms with Gasteiger partial charge in [-0.3, -0.25) is 9.59 Å². The number of amides is 2. The summed E-state index contributed by atoms with van der Waals surface area (Å²) in [7, 11) is 0. The summed E-state index contributed by atoms with van der Waals surface area (Å²) in [5.74, 6) is -0.223. The molecule has 2 unspecified atom stereocenters. The van der Waals surface area contributed by atoms with Gasteiger partial charge < -0.3 is 19.3 Å². The van der Waals surface area contributed by atoms with Crippen molar-refractivity contribution in [3.63, 3.8) is 0 Å². The van der Waals surface area contributed by atoms with Crippen molar-refractivity contribution in [1.82, 2.24) is 9.80 Å². The highest BCUT2D eigenvalue weighted by molar-refractivity contribution is 5.91. The van der Waals surface area contributed by atoms with Gasteiger partial charge in [-0.25, -0.2) is 0 Å². The van der Waals surface area contributed by atoms with Crippen molar-refractivity contribution in [2.45, 2.75) is 77.8 Å². The van der Waals surface area contributed by atoms with Crippen molar-refractivity contribution in [3.8, 4) is 0 Å². The van der Waals surface area contributed by atoms with Crippen LogP contribution in [0.25, 0.3) is 0 Å². The SMILES string of the molecule is CC(C)OC(C(=O)N1CCCC1)C(OC(C)C)C(=O)N1CCCC1. The second kappa shape index (κ2) is 8.81. The monoisotopic (exact) mass is 340 g/mol. The molecule has 0 aromatic carbocycles. The first-order valence-electron chi connectivity index (χ1n) is 9.28. The molecule has 2 amide bonds. The third-order valence-electron chi connectivity index (χ3n) is 4.43. The van der Waals surface area contributed by atoms with Gasteiger partial charge in [-0.15, -0.1) is 0 Å². The Morgan fingerprint density at radius 2 is 0.958 bits per heavy atom. The van der Waals surface area contributed by atoms with Crippen molar-refractivity contribution in [2.24, 2.45) is 0 Å². The molecular weight excluding hydrogens is 308 g/mol. The van der Waals surface area contributed by atoms with Gasteiger partial charge in [0.15, 0.2) is 12.2 Å². The fourth-order valence-corrected chi connectivity index (χ4v) is 3.34. The van der Waals surface area contributed by atoms with E-state index in [1.54, 1.807) is 9.80 Å². The van der Waals surface area contributed by atoms with Gasteiger partial charge in [-0.05, 0) is 53.4 Å². The van der Waals surface area contributed by atoms with E-state index < -0.39 is 12.2 Å². The van der Waals surface area contributed by atoms with Crippen LogP contribution in [0.1, 0.15) is 53.4 Å². The number of hydrogen-bond donors (Lipinski definition) is 0. The van der Waals surface area contributed by atoms with Gasteiger partial charge >= 0.3 is 0 Å². The quantitative estimate of drug-likeness (QED) is 0.709. The third-order valence-corrected chi connectivity index (χ3v) is 4.43. The van der Waals surface area contributed by atoms with Crippen molar-refractivity contribution >= 4 is 11.8 Å². The maximum absolute atomic E-state index is 13.0. The molecule has 0 bridgehead atoms. The Morgan fingerprint density at radius 3 is 1.21 bits per heavy atom. The smallest absolute Gasteiger partial charge is 0.255 e. The topological polar surface area (TPSA) is 59.1 Å². The Bertz CT molecular complexity index is 387. The molecule has 2 fully saturated rings. The fourth-order valence-electron chi connectivity index (χ4n) is 3.34. The van der Waals surface area contributed by atoms with Gasteiger partial charge in [-0.2, -0.15) is 0 Å². The molecule has 2 heterocycles. The zero-order valence-electron chi connectivity index (χ0n) is 15.5. The second-order valence-corrected chi connectivity index (χ2v) is 7.28. The lowest BCUT2D eigenvalue weighted by molar-refractivity contribution is -0.175. The molecule has 0 radical (unpaired) electrons. The summed E-state index contributed by atoms with van der Waals surface area (Å²) in [5.41, 5.74) is 0. The summed E-state index contributed by atoms with van der Waals surface area (Å²) in [6.07, 6.45) is 2.02. The molecule has 6 nitrogen and oxygen atoms in total. The molecule has 6 heteroatoms. The zero-order chi connectivity index (χ0) is 17.7. The van der Waals surface area contributed by atoms with Crippen LogP contribution in [-0.4, -0.2) is 72.2 Å². The van der Waals surface area contributed by atoms with E-state index >= 15 is 0 Å². The molecule has 2 saturated heterocycles. The van der Waals surface area contributed by atoms with Crippen LogP contribution in [0.2, 0.25) is 0 Å². The van der Waals surface area contributed by atoms with Crippen LogP contribution >= 0.6 is 0 Å². The van der Waals surface area contributed by atoms with E-state index in [2.05, 4.69) is 0 Å². The Hall–Kier alpha value is -1.14. The number of hydrogen-bond acceptors (Lipinski definition) is 4.